The van der Waals surface area contributed by atoms with Gasteiger partial charge in [0, 0.05) is 12.6 Å². The van der Waals surface area contributed by atoms with Crippen molar-refractivity contribution in [3.05, 3.63) is 21.2 Å². The summed E-state index contributed by atoms with van der Waals surface area (Å²) in [7, 11) is 0. The molecule has 8 heteroatoms. The van der Waals surface area contributed by atoms with Crippen LogP contribution in [0.5, 0.6) is 0 Å². The van der Waals surface area contributed by atoms with Crippen LogP contribution in [0, 0.1) is 4.77 Å². The molecule has 0 unspecified atom stereocenters. The lowest BCUT2D eigenvalue weighted by Crippen LogP contribution is -2.10. The fourth-order valence-corrected chi connectivity index (χ4v) is 2.30. The SMILES string of the molecule is CCCCn1c(-c2cc(=O)[nH]c(SC)n2)n[nH]c1=S. The van der Waals surface area contributed by atoms with Crippen LogP contribution in [0.1, 0.15) is 19.8 Å². The van der Waals surface area contributed by atoms with Crippen molar-refractivity contribution in [2.45, 2.75) is 31.5 Å². The summed E-state index contributed by atoms with van der Waals surface area (Å²) in [5.74, 6) is 0.611. The summed E-state index contributed by atoms with van der Waals surface area (Å²) < 4.78 is 2.43. The molecular formula is C11H15N5OS2. The topological polar surface area (TPSA) is 79.4 Å². The minimum Gasteiger partial charge on any atom is -0.301 e. The summed E-state index contributed by atoms with van der Waals surface area (Å²) in [6.45, 7) is 2.88. The average Bonchev–Trinajstić information content (AvgIpc) is 2.77. The van der Waals surface area contributed by atoms with Gasteiger partial charge in [0.2, 0.25) is 0 Å². The maximum absolute atomic E-state index is 11.6. The van der Waals surface area contributed by atoms with Gasteiger partial charge in [0.25, 0.3) is 5.56 Å². The molecule has 0 amide bonds. The summed E-state index contributed by atoms with van der Waals surface area (Å²) in [5.41, 5.74) is 0.349. The van der Waals surface area contributed by atoms with E-state index >= 15 is 0 Å². The Bertz CT molecular complexity index is 672. The second kappa shape index (κ2) is 6.16. The van der Waals surface area contributed by atoms with Crippen molar-refractivity contribution in [3.63, 3.8) is 0 Å². The molecule has 0 aliphatic carbocycles. The van der Waals surface area contributed by atoms with Gasteiger partial charge in [0.05, 0.1) is 0 Å². The number of nitrogens with zero attached hydrogens (tertiary/aromatic N) is 3. The maximum atomic E-state index is 11.6. The lowest BCUT2D eigenvalue weighted by Gasteiger charge is -2.05. The van der Waals surface area contributed by atoms with Crippen molar-refractivity contribution in [3.8, 4) is 11.5 Å². The van der Waals surface area contributed by atoms with E-state index < -0.39 is 0 Å². The standard InChI is InChI=1S/C11H15N5OS2/c1-3-4-5-16-9(14-15-11(16)18)7-6-8(17)13-10(12-7)19-2/h6H,3-5H2,1-2H3,(H,15,18)(H,12,13,17). The lowest BCUT2D eigenvalue weighted by molar-refractivity contribution is 0.627. The van der Waals surface area contributed by atoms with Crippen LogP contribution in [0.15, 0.2) is 16.0 Å². The minimum absolute atomic E-state index is 0.190. The number of unbranched alkanes of at least 4 members (excludes halogenated alkanes) is 1. The molecule has 2 aromatic rings. The molecule has 0 aliphatic rings. The Hall–Kier alpha value is -1.41. The molecule has 0 saturated carbocycles. The maximum Gasteiger partial charge on any atom is 0.252 e. The zero-order valence-corrected chi connectivity index (χ0v) is 12.4. The van der Waals surface area contributed by atoms with E-state index in [-0.39, 0.29) is 5.56 Å². The Balaban J connectivity index is 2.49. The first-order valence-electron chi connectivity index (χ1n) is 5.96. The third-order valence-electron chi connectivity index (χ3n) is 2.64. The van der Waals surface area contributed by atoms with Gasteiger partial charge in [-0.3, -0.25) is 14.5 Å². The van der Waals surface area contributed by atoms with E-state index in [1.165, 1.54) is 17.8 Å². The molecular weight excluding hydrogens is 282 g/mol. The Morgan fingerprint density at radius 2 is 2.32 bits per heavy atom. The first kappa shape index (κ1) is 14.0. The molecule has 2 heterocycles. The van der Waals surface area contributed by atoms with Gasteiger partial charge in [-0.25, -0.2) is 4.98 Å². The molecule has 6 nitrogen and oxygen atoms in total. The molecule has 0 fully saturated rings. The first-order valence-corrected chi connectivity index (χ1v) is 7.60. The van der Waals surface area contributed by atoms with Crippen LogP contribution in [-0.2, 0) is 6.54 Å². The smallest absolute Gasteiger partial charge is 0.252 e. The van der Waals surface area contributed by atoms with Gasteiger partial charge in [-0.2, -0.15) is 5.10 Å². The zero-order valence-electron chi connectivity index (χ0n) is 10.8. The van der Waals surface area contributed by atoms with Crippen LogP contribution in [0.25, 0.3) is 11.5 Å². The van der Waals surface area contributed by atoms with Gasteiger partial charge in [0.1, 0.15) is 5.69 Å². The number of nitrogens with one attached hydrogen (secondary N) is 2. The summed E-state index contributed by atoms with van der Waals surface area (Å²) in [5, 5.41) is 7.50. The van der Waals surface area contributed by atoms with E-state index in [2.05, 4.69) is 27.1 Å². The number of hydrogen-bond donors (Lipinski definition) is 2. The predicted molar refractivity (Wildman–Crippen MR) is 78.0 cm³/mol. The van der Waals surface area contributed by atoms with Crippen molar-refractivity contribution in [1.29, 1.82) is 0 Å². The minimum atomic E-state index is -0.190. The van der Waals surface area contributed by atoms with E-state index in [9.17, 15) is 4.79 Å². The number of aromatic amines is 2. The van der Waals surface area contributed by atoms with Crippen LogP contribution in [0.2, 0.25) is 0 Å². The highest BCUT2D eigenvalue weighted by Gasteiger charge is 2.11. The molecule has 0 saturated heterocycles. The third-order valence-corrected chi connectivity index (χ3v) is 3.53. The molecule has 2 rings (SSSR count). The second-order valence-electron chi connectivity index (χ2n) is 4.00. The fourth-order valence-electron chi connectivity index (χ4n) is 1.68. The average molecular weight is 297 g/mol. The molecule has 0 aliphatic heterocycles. The van der Waals surface area contributed by atoms with E-state index in [0.29, 0.717) is 21.4 Å². The van der Waals surface area contributed by atoms with Gasteiger partial charge in [0.15, 0.2) is 15.8 Å². The van der Waals surface area contributed by atoms with Crippen molar-refractivity contribution >= 4 is 24.0 Å². The van der Waals surface area contributed by atoms with Gasteiger partial charge in [-0.15, -0.1) is 0 Å². The van der Waals surface area contributed by atoms with Crippen molar-refractivity contribution < 1.29 is 0 Å². The summed E-state index contributed by atoms with van der Waals surface area (Å²) >= 11 is 6.59. The number of thioether (sulfide) groups is 1. The number of H-pyrrole nitrogens is 2. The largest absolute Gasteiger partial charge is 0.301 e. The van der Waals surface area contributed by atoms with Crippen LogP contribution >= 0.6 is 24.0 Å². The predicted octanol–water partition coefficient (Wildman–Crippen LogP) is 2.21. The van der Waals surface area contributed by atoms with Crippen LogP contribution in [0.4, 0.5) is 0 Å². The Labute approximate surface area is 119 Å². The van der Waals surface area contributed by atoms with Crippen molar-refractivity contribution in [2.24, 2.45) is 0 Å². The first-order chi connectivity index (χ1) is 9.15. The van der Waals surface area contributed by atoms with Crippen molar-refractivity contribution in [2.75, 3.05) is 6.26 Å². The second-order valence-corrected chi connectivity index (χ2v) is 5.18. The molecule has 0 radical (unpaired) electrons. The number of hydrogen-bond acceptors (Lipinski definition) is 5. The van der Waals surface area contributed by atoms with Crippen molar-refractivity contribution in [1.82, 2.24) is 24.7 Å². The van der Waals surface area contributed by atoms with Gasteiger partial charge < -0.3 is 4.98 Å². The monoisotopic (exact) mass is 297 g/mol. The Morgan fingerprint density at radius 3 is 3.00 bits per heavy atom. The summed E-state index contributed by atoms with van der Waals surface area (Å²) in [6.07, 6.45) is 3.92. The molecule has 19 heavy (non-hydrogen) atoms. The molecule has 0 bridgehead atoms. The number of aromatic nitrogens is 5. The van der Waals surface area contributed by atoms with Crippen LogP contribution in [0.3, 0.4) is 0 Å². The zero-order chi connectivity index (χ0) is 13.8. The Kier molecular flexibility index (Phi) is 4.54. The number of rotatable bonds is 5. The van der Waals surface area contributed by atoms with E-state index in [1.807, 2.05) is 10.8 Å². The van der Waals surface area contributed by atoms with Gasteiger partial charge >= 0.3 is 0 Å². The summed E-state index contributed by atoms with van der Waals surface area (Å²) in [6, 6.07) is 1.44. The third kappa shape index (κ3) is 3.13. The fraction of sp³-hybridized carbons (Fsp3) is 0.455. The van der Waals surface area contributed by atoms with E-state index in [0.717, 1.165) is 19.4 Å². The van der Waals surface area contributed by atoms with E-state index in [1.54, 1.807) is 0 Å². The quantitative estimate of drug-likeness (QED) is 0.502. The Morgan fingerprint density at radius 1 is 1.53 bits per heavy atom. The molecule has 102 valence electrons. The molecule has 0 aromatic carbocycles. The normalized spacial score (nSPS) is 10.8. The summed E-state index contributed by atoms with van der Waals surface area (Å²) in [4.78, 5) is 18.6. The molecule has 2 aromatic heterocycles. The van der Waals surface area contributed by atoms with Crippen LogP contribution in [-0.4, -0.2) is 31.0 Å². The highest BCUT2D eigenvalue weighted by atomic mass is 32.2. The van der Waals surface area contributed by atoms with Gasteiger partial charge in [-0.1, -0.05) is 25.1 Å². The highest BCUT2D eigenvalue weighted by Crippen LogP contribution is 2.16. The van der Waals surface area contributed by atoms with E-state index in [4.69, 9.17) is 12.2 Å². The van der Waals surface area contributed by atoms with Crippen LogP contribution < -0.4 is 5.56 Å². The molecule has 0 atom stereocenters. The highest BCUT2D eigenvalue weighted by molar-refractivity contribution is 7.98. The molecule has 0 spiro atoms. The van der Waals surface area contributed by atoms with Gasteiger partial charge in [-0.05, 0) is 24.9 Å². The molecule has 2 N–H and O–H groups in total. The lowest BCUT2D eigenvalue weighted by atomic mass is 10.3.